The van der Waals surface area contributed by atoms with Gasteiger partial charge < -0.3 is 15.5 Å². The lowest BCUT2D eigenvalue weighted by molar-refractivity contribution is 0.400. The fourth-order valence-electron chi connectivity index (χ4n) is 2.06. The predicted molar refractivity (Wildman–Crippen MR) is 82.5 cm³/mol. The minimum absolute atomic E-state index is 0.0536. The second-order valence-electron chi connectivity index (χ2n) is 5.19. The second-order valence-corrected chi connectivity index (χ2v) is 5.19. The van der Waals surface area contributed by atoms with Gasteiger partial charge in [-0.25, -0.2) is 0 Å². The largest absolute Gasteiger partial charge is 0.371 e. The Hall–Kier alpha value is -1.13. The van der Waals surface area contributed by atoms with E-state index in [4.69, 9.17) is 5.73 Å². The van der Waals surface area contributed by atoms with Crippen molar-refractivity contribution in [3.63, 3.8) is 0 Å². The van der Waals surface area contributed by atoms with E-state index in [-0.39, 0.29) is 6.04 Å². The molecule has 0 amide bonds. The molecule has 0 aliphatic rings. The second kappa shape index (κ2) is 8.12. The molecule has 1 heterocycles. The van der Waals surface area contributed by atoms with Crippen LogP contribution >= 0.6 is 0 Å². The summed E-state index contributed by atoms with van der Waals surface area (Å²) >= 11 is 0. The van der Waals surface area contributed by atoms with Crippen LogP contribution in [-0.4, -0.2) is 43.6 Å². The third kappa shape index (κ3) is 5.17. The quantitative estimate of drug-likeness (QED) is 0.782. The number of nitrogens with zero attached hydrogens (tertiary/aromatic N) is 3. The molecule has 4 nitrogen and oxygen atoms in total. The highest BCUT2D eigenvalue weighted by atomic mass is 15.1. The zero-order valence-corrected chi connectivity index (χ0v) is 12.8. The number of rotatable bonds is 8. The van der Waals surface area contributed by atoms with Gasteiger partial charge in [0.1, 0.15) is 0 Å². The van der Waals surface area contributed by atoms with E-state index in [1.54, 1.807) is 0 Å². The van der Waals surface area contributed by atoms with Crippen LogP contribution in [0.5, 0.6) is 0 Å². The van der Waals surface area contributed by atoms with Gasteiger partial charge in [-0.3, -0.25) is 4.98 Å². The number of hydrogen-bond donors (Lipinski definition) is 1. The van der Waals surface area contributed by atoms with E-state index in [2.05, 4.69) is 54.9 Å². The molecule has 0 saturated carbocycles. The van der Waals surface area contributed by atoms with Crippen LogP contribution in [-0.2, 0) is 0 Å². The summed E-state index contributed by atoms with van der Waals surface area (Å²) in [5, 5.41) is 0. The number of hydrogen-bond acceptors (Lipinski definition) is 4. The Morgan fingerprint density at radius 1 is 1.21 bits per heavy atom. The lowest BCUT2D eigenvalue weighted by Gasteiger charge is -2.24. The van der Waals surface area contributed by atoms with E-state index < -0.39 is 0 Å². The number of anilines is 1. The van der Waals surface area contributed by atoms with Crippen molar-refractivity contribution in [3.05, 3.63) is 24.0 Å². The molecule has 108 valence electrons. The average Bonchev–Trinajstić information content (AvgIpc) is 2.43. The maximum absolute atomic E-state index is 5.98. The van der Waals surface area contributed by atoms with E-state index in [1.165, 1.54) is 5.69 Å². The number of aromatic nitrogens is 1. The first kappa shape index (κ1) is 15.9. The van der Waals surface area contributed by atoms with Crippen molar-refractivity contribution < 1.29 is 0 Å². The summed E-state index contributed by atoms with van der Waals surface area (Å²) in [5.41, 5.74) is 8.16. The van der Waals surface area contributed by atoms with E-state index in [0.29, 0.717) is 0 Å². The number of pyridine rings is 1. The van der Waals surface area contributed by atoms with E-state index in [1.807, 2.05) is 6.20 Å². The molecule has 0 bridgehead atoms. The van der Waals surface area contributed by atoms with Crippen molar-refractivity contribution in [2.45, 2.75) is 32.7 Å². The average molecular weight is 264 g/mol. The molecule has 0 aliphatic heterocycles. The normalized spacial score (nSPS) is 12.7. The van der Waals surface area contributed by atoms with Crippen molar-refractivity contribution in [1.82, 2.24) is 9.88 Å². The molecule has 0 radical (unpaired) electrons. The molecule has 0 fully saturated rings. The van der Waals surface area contributed by atoms with Crippen molar-refractivity contribution in [2.75, 3.05) is 38.6 Å². The van der Waals surface area contributed by atoms with E-state index in [9.17, 15) is 0 Å². The van der Waals surface area contributed by atoms with Gasteiger partial charge in [-0.2, -0.15) is 0 Å². The van der Waals surface area contributed by atoms with Crippen molar-refractivity contribution >= 4 is 5.69 Å². The first-order valence-corrected chi connectivity index (χ1v) is 7.19. The smallest absolute Gasteiger partial charge is 0.0572 e. The first-order chi connectivity index (χ1) is 9.08. The Morgan fingerprint density at radius 2 is 1.95 bits per heavy atom. The highest BCUT2D eigenvalue weighted by molar-refractivity contribution is 5.44. The molecule has 1 aromatic heterocycles. The zero-order chi connectivity index (χ0) is 14.3. The summed E-state index contributed by atoms with van der Waals surface area (Å²) in [4.78, 5) is 9.06. The van der Waals surface area contributed by atoms with Gasteiger partial charge in [0.2, 0.25) is 0 Å². The number of nitrogens with two attached hydrogens (primary N) is 1. The molecule has 4 heteroatoms. The molecule has 0 spiro atoms. The topological polar surface area (TPSA) is 45.4 Å². The van der Waals surface area contributed by atoms with Gasteiger partial charge in [-0.15, -0.1) is 0 Å². The van der Waals surface area contributed by atoms with E-state index >= 15 is 0 Å². The van der Waals surface area contributed by atoms with E-state index in [0.717, 1.165) is 38.2 Å². The Morgan fingerprint density at radius 3 is 2.42 bits per heavy atom. The summed E-state index contributed by atoms with van der Waals surface area (Å²) < 4.78 is 0. The molecule has 0 saturated heterocycles. The van der Waals surface area contributed by atoms with Gasteiger partial charge in [0.05, 0.1) is 17.6 Å². The molecule has 1 rings (SSSR count). The van der Waals surface area contributed by atoms with Crippen LogP contribution in [0, 0.1) is 0 Å². The third-order valence-corrected chi connectivity index (χ3v) is 3.37. The molecular formula is C15H28N4. The lowest BCUT2D eigenvalue weighted by atomic mass is 10.1. The Balaban J connectivity index is 2.60. The highest BCUT2D eigenvalue weighted by Crippen LogP contribution is 2.17. The minimum atomic E-state index is 0.0536. The minimum Gasteiger partial charge on any atom is -0.371 e. The van der Waals surface area contributed by atoms with Crippen LogP contribution in [0.25, 0.3) is 0 Å². The van der Waals surface area contributed by atoms with Crippen molar-refractivity contribution in [1.29, 1.82) is 0 Å². The molecular weight excluding hydrogens is 236 g/mol. The molecule has 0 unspecified atom stereocenters. The third-order valence-electron chi connectivity index (χ3n) is 3.37. The summed E-state index contributed by atoms with van der Waals surface area (Å²) in [5.74, 6) is 0. The molecule has 2 N–H and O–H groups in total. The van der Waals surface area contributed by atoms with Gasteiger partial charge in [0, 0.05) is 19.1 Å². The van der Waals surface area contributed by atoms with Crippen LogP contribution in [0.1, 0.15) is 38.4 Å². The molecule has 19 heavy (non-hydrogen) atoms. The Kier molecular flexibility index (Phi) is 6.81. The van der Waals surface area contributed by atoms with Crippen LogP contribution in [0.3, 0.4) is 0 Å². The van der Waals surface area contributed by atoms with Crippen LogP contribution in [0.4, 0.5) is 5.69 Å². The van der Waals surface area contributed by atoms with Gasteiger partial charge in [0.25, 0.3) is 0 Å². The summed E-state index contributed by atoms with van der Waals surface area (Å²) in [7, 11) is 4.22. The van der Waals surface area contributed by atoms with Gasteiger partial charge in [-0.1, -0.05) is 6.92 Å². The van der Waals surface area contributed by atoms with Crippen LogP contribution in [0.2, 0.25) is 0 Å². The van der Waals surface area contributed by atoms with Gasteiger partial charge >= 0.3 is 0 Å². The van der Waals surface area contributed by atoms with Gasteiger partial charge in [-0.05, 0) is 52.5 Å². The van der Waals surface area contributed by atoms with Crippen molar-refractivity contribution in [3.8, 4) is 0 Å². The highest BCUT2D eigenvalue weighted by Gasteiger charge is 2.08. The SMILES string of the molecule is CC[C@@H](N)c1ccc(N(CC)CCCN(C)C)cn1. The molecule has 1 atom stereocenters. The summed E-state index contributed by atoms with van der Waals surface area (Å²) in [6.45, 7) is 7.45. The fraction of sp³-hybridized carbons (Fsp3) is 0.667. The van der Waals surface area contributed by atoms with Crippen LogP contribution < -0.4 is 10.6 Å². The zero-order valence-electron chi connectivity index (χ0n) is 12.8. The molecule has 0 aromatic carbocycles. The van der Waals surface area contributed by atoms with Crippen molar-refractivity contribution in [2.24, 2.45) is 5.73 Å². The standard InChI is InChI=1S/C15H28N4/c1-5-14(16)15-9-8-13(12-17-15)19(6-2)11-7-10-18(3)4/h8-9,12,14H,5-7,10-11,16H2,1-4H3/t14-/m1/s1. The first-order valence-electron chi connectivity index (χ1n) is 7.19. The van der Waals surface area contributed by atoms with Gasteiger partial charge in [0.15, 0.2) is 0 Å². The molecule has 1 aromatic rings. The monoisotopic (exact) mass is 264 g/mol. The maximum Gasteiger partial charge on any atom is 0.0572 e. The Bertz CT molecular complexity index is 348. The fourth-order valence-corrected chi connectivity index (χ4v) is 2.06. The summed E-state index contributed by atoms with van der Waals surface area (Å²) in [6, 6.07) is 4.24. The lowest BCUT2D eigenvalue weighted by Crippen LogP contribution is -2.27. The predicted octanol–water partition coefficient (Wildman–Crippen LogP) is 2.27. The summed E-state index contributed by atoms with van der Waals surface area (Å²) in [6.07, 6.45) is 4.04. The van der Waals surface area contributed by atoms with Crippen LogP contribution in [0.15, 0.2) is 18.3 Å². The maximum atomic E-state index is 5.98. The molecule has 0 aliphatic carbocycles. The Labute approximate surface area is 117 Å².